The van der Waals surface area contributed by atoms with Crippen molar-refractivity contribution in [2.24, 2.45) is 0 Å². The third-order valence-electron chi connectivity index (χ3n) is 2.51. The van der Waals surface area contributed by atoms with Crippen molar-refractivity contribution in [1.82, 2.24) is 0 Å². The van der Waals surface area contributed by atoms with Crippen LogP contribution in [-0.4, -0.2) is 11.1 Å². The van der Waals surface area contributed by atoms with Crippen molar-refractivity contribution in [2.45, 2.75) is 0 Å². The molecule has 0 aliphatic carbocycles. The van der Waals surface area contributed by atoms with Crippen LogP contribution in [0.15, 0.2) is 54.6 Å². The predicted octanol–water partition coefficient (Wildman–Crippen LogP) is 4.10. The quantitative estimate of drug-likeness (QED) is 0.842. The van der Waals surface area contributed by atoms with E-state index in [4.69, 9.17) is 16.7 Å². The number of halogens is 1. The summed E-state index contributed by atoms with van der Waals surface area (Å²) in [6.45, 7) is 0. The van der Waals surface area contributed by atoms with Gasteiger partial charge in [0.05, 0.1) is 0 Å². The van der Waals surface area contributed by atoms with Crippen LogP contribution in [0.5, 0.6) is 0 Å². The standard InChI is InChI=1S/C15H11ClO2/c16-14-8-6-13(7-9-14)12-4-1-11(2-5-12)3-10-15(17)18/h1-10H,(H,17,18)/b10-3+. The van der Waals surface area contributed by atoms with Gasteiger partial charge in [0, 0.05) is 11.1 Å². The Morgan fingerprint density at radius 2 is 1.44 bits per heavy atom. The molecule has 0 saturated heterocycles. The van der Waals surface area contributed by atoms with Gasteiger partial charge in [-0.05, 0) is 34.9 Å². The van der Waals surface area contributed by atoms with Crippen molar-refractivity contribution in [2.75, 3.05) is 0 Å². The van der Waals surface area contributed by atoms with Gasteiger partial charge in [0.1, 0.15) is 0 Å². The van der Waals surface area contributed by atoms with Crippen LogP contribution in [-0.2, 0) is 4.79 Å². The summed E-state index contributed by atoms with van der Waals surface area (Å²) in [6, 6.07) is 15.2. The monoisotopic (exact) mass is 258 g/mol. The third kappa shape index (κ3) is 3.22. The minimum Gasteiger partial charge on any atom is -0.478 e. The van der Waals surface area contributed by atoms with E-state index < -0.39 is 5.97 Å². The van der Waals surface area contributed by atoms with Gasteiger partial charge in [-0.3, -0.25) is 0 Å². The lowest BCUT2D eigenvalue weighted by Gasteiger charge is -2.02. The fourth-order valence-corrected chi connectivity index (χ4v) is 1.72. The van der Waals surface area contributed by atoms with Gasteiger partial charge in [-0.25, -0.2) is 4.79 Å². The highest BCUT2D eigenvalue weighted by Gasteiger charge is 1.97. The maximum absolute atomic E-state index is 10.4. The summed E-state index contributed by atoms with van der Waals surface area (Å²) in [6.07, 6.45) is 2.69. The Labute approximate surface area is 110 Å². The molecule has 0 saturated carbocycles. The summed E-state index contributed by atoms with van der Waals surface area (Å²) in [4.78, 5) is 10.4. The lowest BCUT2D eigenvalue weighted by Crippen LogP contribution is -1.85. The maximum Gasteiger partial charge on any atom is 0.328 e. The Morgan fingerprint density at radius 1 is 0.944 bits per heavy atom. The van der Waals surface area contributed by atoms with Gasteiger partial charge in [0.25, 0.3) is 0 Å². The summed E-state index contributed by atoms with van der Waals surface area (Å²) in [5.41, 5.74) is 3.00. The van der Waals surface area contributed by atoms with Gasteiger partial charge >= 0.3 is 5.97 Å². The Hall–Kier alpha value is -2.06. The summed E-state index contributed by atoms with van der Waals surface area (Å²) in [7, 11) is 0. The molecule has 0 atom stereocenters. The van der Waals surface area contributed by atoms with Gasteiger partial charge in [0.15, 0.2) is 0 Å². The maximum atomic E-state index is 10.4. The van der Waals surface area contributed by atoms with Gasteiger partial charge in [-0.15, -0.1) is 0 Å². The van der Waals surface area contributed by atoms with Crippen molar-refractivity contribution in [3.63, 3.8) is 0 Å². The van der Waals surface area contributed by atoms with Crippen LogP contribution in [0.1, 0.15) is 5.56 Å². The van der Waals surface area contributed by atoms with Crippen LogP contribution in [0.4, 0.5) is 0 Å². The zero-order valence-electron chi connectivity index (χ0n) is 9.51. The van der Waals surface area contributed by atoms with Crippen LogP contribution in [0.25, 0.3) is 17.2 Å². The van der Waals surface area contributed by atoms with E-state index in [1.165, 1.54) is 0 Å². The number of benzene rings is 2. The Kier molecular flexibility index (Phi) is 3.80. The van der Waals surface area contributed by atoms with Crippen LogP contribution < -0.4 is 0 Å². The van der Waals surface area contributed by atoms with E-state index >= 15 is 0 Å². The fourth-order valence-electron chi connectivity index (χ4n) is 1.60. The number of rotatable bonds is 3. The molecule has 90 valence electrons. The Morgan fingerprint density at radius 3 is 1.94 bits per heavy atom. The highest BCUT2D eigenvalue weighted by atomic mass is 35.5. The molecular formula is C15H11ClO2. The van der Waals surface area contributed by atoms with E-state index in [-0.39, 0.29) is 0 Å². The number of carboxylic acids is 1. The van der Waals surface area contributed by atoms with E-state index in [2.05, 4.69) is 0 Å². The molecule has 2 nitrogen and oxygen atoms in total. The molecule has 0 unspecified atom stereocenters. The fraction of sp³-hybridized carbons (Fsp3) is 0. The van der Waals surface area contributed by atoms with Crippen LogP contribution in [0.2, 0.25) is 5.02 Å². The van der Waals surface area contributed by atoms with Gasteiger partial charge < -0.3 is 5.11 Å². The summed E-state index contributed by atoms with van der Waals surface area (Å²) < 4.78 is 0. The first-order chi connectivity index (χ1) is 8.65. The molecule has 2 rings (SSSR count). The molecule has 1 N–H and O–H groups in total. The highest BCUT2D eigenvalue weighted by molar-refractivity contribution is 6.30. The van der Waals surface area contributed by atoms with Crippen LogP contribution in [0.3, 0.4) is 0 Å². The predicted molar refractivity (Wildman–Crippen MR) is 73.6 cm³/mol. The minimum atomic E-state index is -0.947. The SMILES string of the molecule is O=C(O)/C=C/c1ccc(-c2ccc(Cl)cc2)cc1. The largest absolute Gasteiger partial charge is 0.478 e. The second kappa shape index (κ2) is 5.52. The molecule has 3 heteroatoms. The van der Waals surface area contributed by atoms with Crippen molar-refractivity contribution < 1.29 is 9.90 Å². The van der Waals surface area contributed by atoms with Gasteiger partial charge in [-0.2, -0.15) is 0 Å². The normalized spacial score (nSPS) is 10.7. The van der Waals surface area contributed by atoms with E-state index in [0.717, 1.165) is 22.8 Å². The first-order valence-electron chi connectivity index (χ1n) is 5.42. The van der Waals surface area contributed by atoms with E-state index in [9.17, 15) is 4.79 Å². The smallest absolute Gasteiger partial charge is 0.328 e. The number of carbonyl (C=O) groups is 1. The van der Waals surface area contributed by atoms with Crippen molar-refractivity contribution in [3.8, 4) is 11.1 Å². The average molecular weight is 259 g/mol. The second-order valence-electron chi connectivity index (χ2n) is 3.80. The Balaban J connectivity index is 2.22. The molecule has 18 heavy (non-hydrogen) atoms. The summed E-state index contributed by atoms with van der Waals surface area (Å²) >= 11 is 5.83. The first-order valence-corrected chi connectivity index (χ1v) is 5.80. The molecule has 0 aliphatic rings. The second-order valence-corrected chi connectivity index (χ2v) is 4.24. The topological polar surface area (TPSA) is 37.3 Å². The lowest BCUT2D eigenvalue weighted by molar-refractivity contribution is -0.131. The van der Waals surface area contributed by atoms with Crippen molar-refractivity contribution >= 4 is 23.6 Å². The number of hydrogen-bond acceptors (Lipinski definition) is 1. The first kappa shape index (κ1) is 12.4. The van der Waals surface area contributed by atoms with Crippen molar-refractivity contribution in [3.05, 3.63) is 65.2 Å². The average Bonchev–Trinajstić information content (AvgIpc) is 2.38. The van der Waals surface area contributed by atoms with E-state index in [0.29, 0.717) is 5.02 Å². The van der Waals surface area contributed by atoms with E-state index in [1.807, 2.05) is 48.5 Å². The molecule has 0 amide bonds. The molecule has 0 spiro atoms. The number of carboxylic acid groups (broad SMARTS) is 1. The molecule has 2 aromatic rings. The molecule has 0 aliphatic heterocycles. The molecule has 2 aromatic carbocycles. The molecule has 0 radical (unpaired) electrons. The zero-order valence-corrected chi connectivity index (χ0v) is 10.3. The molecule has 0 aromatic heterocycles. The molecule has 0 heterocycles. The summed E-state index contributed by atoms with van der Waals surface area (Å²) in [5.74, 6) is -0.947. The van der Waals surface area contributed by atoms with Crippen LogP contribution >= 0.6 is 11.6 Å². The lowest BCUT2D eigenvalue weighted by atomic mass is 10.0. The molecule has 0 bridgehead atoms. The Bertz CT molecular complexity index is 568. The number of aliphatic carboxylic acids is 1. The molecular weight excluding hydrogens is 248 g/mol. The third-order valence-corrected chi connectivity index (χ3v) is 2.76. The van der Waals surface area contributed by atoms with Crippen LogP contribution in [0, 0.1) is 0 Å². The van der Waals surface area contributed by atoms with Gasteiger partial charge in [-0.1, -0.05) is 48.0 Å². The van der Waals surface area contributed by atoms with E-state index in [1.54, 1.807) is 6.08 Å². The zero-order chi connectivity index (χ0) is 13.0. The minimum absolute atomic E-state index is 0.708. The van der Waals surface area contributed by atoms with Gasteiger partial charge in [0.2, 0.25) is 0 Å². The summed E-state index contributed by atoms with van der Waals surface area (Å²) in [5, 5.41) is 9.24. The molecule has 0 fully saturated rings. The highest BCUT2D eigenvalue weighted by Crippen LogP contribution is 2.22. The number of hydrogen-bond donors (Lipinski definition) is 1. The van der Waals surface area contributed by atoms with Crippen molar-refractivity contribution in [1.29, 1.82) is 0 Å².